The number of carboxylic acids is 1. The van der Waals surface area contributed by atoms with E-state index in [1.165, 1.54) is 37.8 Å². The molecule has 1 aromatic rings. The second-order valence-electron chi connectivity index (χ2n) is 9.48. The molecule has 0 amide bonds. The summed E-state index contributed by atoms with van der Waals surface area (Å²) in [5.74, 6) is 0.359. The topological polar surface area (TPSA) is 89.8 Å². The molecule has 1 saturated heterocycles. The molecule has 3 aliphatic rings. The van der Waals surface area contributed by atoms with Crippen LogP contribution in [0, 0.1) is 29.5 Å². The lowest BCUT2D eigenvalue weighted by Crippen LogP contribution is -2.51. The molecule has 3 fully saturated rings. The van der Waals surface area contributed by atoms with Gasteiger partial charge < -0.3 is 20.6 Å². The van der Waals surface area contributed by atoms with Crippen molar-refractivity contribution in [2.45, 2.75) is 62.7 Å². The average molecular weight is 452 g/mol. The minimum Gasteiger partial charge on any atom is -0.481 e. The van der Waals surface area contributed by atoms with Crippen LogP contribution in [0.1, 0.15) is 50.0 Å². The fourth-order valence-corrected chi connectivity index (χ4v) is 5.61. The minimum atomic E-state index is -1.09. The predicted molar refractivity (Wildman–Crippen MR) is 116 cm³/mol. The third-order valence-electron chi connectivity index (χ3n) is 7.04. The molecule has 31 heavy (non-hydrogen) atoms. The summed E-state index contributed by atoms with van der Waals surface area (Å²) in [6.07, 6.45) is 5.98. The third-order valence-corrected chi connectivity index (χ3v) is 7.37. The molecular formula is C24H31ClFNO4. The summed E-state index contributed by atoms with van der Waals surface area (Å²) in [5, 5.41) is 33.3. The van der Waals surface area contributed by atoms with Crippen LogP contribution in [0.4, 0.5) is 4.39 Å². The first kappa shape index (κ1) is 22.7. The van der Waals surface area contributed by atoms with Gasteiger partial charge in [-0.05, 0) is 79.5 Å². The Hall–Kier alpha value is -1.47. The number of piperidine rings is 1. The van der Waals surface area contributed by atoms with Crippen LogP contribution in [0.15, 0.2) is 30.4 Å². The van der Waals surface area contributed by atoms with Crippen molar-refractivity contribution in [1.29, 1.82) is 0 Å². The van der Waals surface area contributed by atoms with Crippen molar-refractivity contribution >= 4 is 17.6 Å². The van der Waals surface area contributed by atoms with E-state index in [0.717, 1.165) is 12.1 Å². The highest BCUT2D eigenvalue weighted by atomic mass is 35.5. The van der Waals surface area contributed by atoms with E-state index in [1.54, 1.807) is 12.1 Å². The normalized spacial score (nSPS) is 31.0. The molecule has 4 rings (SSSR count). The number of aliphatic hydroxyl groups excluding tert-OH is 2. The molecule has 4 unspecified atom stereocenters. The summed E-state index contributed by atoms with van der Waals surface area (Å²) in [6.45, 7) is 0.911. The summed E-state index contributed by atoms with van der Waals surface area (Å²) in [5.41, 5.74) is 0.960. The summed E-state index contributed by atoms with van der Waals surface area (Å²) >= 11 is 6.52. The average Bonchev–Trinajstić information content (AvgIpc) is 3.59. The molecule has 0 bridgehead atoms. The van der Waals surface area contributed by atoms with Gasteiger partial charge in [0.15, 0.2) is 0 Å². The Kier molecular flexibility index (Phi) is 7.01. The van der Waals surface area contributed by atoms with Crippen LogP contribution in [0.2, 0.25) is 5.02 Å². The van der Waals surface area contributed by atoms with Gasteiger partial charge in [-0.25, -0.2) is 4.39 Å². The highest BCUT2D eigenvalue weighted by Gasteiger charge is 2.49. The number of aliphatic carboxylic acids is 1. The van der Waals surface area contributed by atoms with E-state index in [4.69, 9.17) is 16.7 Å². The van der Waals surface area contributed by atoms with E-state index in [2.05, 4.69) is 5.32 Å². The van der Waals surface area contributed by atoms with Gasteiger partial charge >= 0.3 is 5.97 Å². The van der Waals surface area contributed by atoms with E-state index in [1.807, 2.05) is 6.08 Å². The van der Waals surface area contributed by atoms with Crippen molar-refractivity contribution in [1.82, 2.24) is 5.32 Å². The van der Waals surface area contributed by atoms with E-state index in [9.17, 15) is 19.4 Å². The first-order chi connectivity index (χ1) is 14.8. The summed E-state index contributed by atoms with van der Waals surface area (Å²) < 4.78 is 13.8. The molecule has 170 valence electrons. The number of benzene rings is 1. The molecule has 4 N–H and O–H groups in total. The molecule has 2 aliphatic carbocycles. The van der Waals surface area contributed by atoms with Gasteiger partial charge in [-0.2, -0.15) is 0 Å². The second-order valence-corrected chi connectivity index (χ2v) is 9.89. The van der Waals surface area contributed by atoms with Gasteiger partial charge in [0.05, 0.1) is 18.6 Å². The summed E-state index contributed by atoms with van der Waals surface area (Å²) in [6, 6.07) is 4.92. The van der Waals surface area contributed by atoms with Crippen molar-refractivity contribution in [2.24, 2.45) is 23.7 Å². The number of hydrogen-bond donors (Lipinski definition) is 4. The lowest BCUT2D eigenvalue weighted by Gasteiger charge is -2.44. The van der Waals surface area contributed by atoms with Crippen molar-refractivity contribution in [3.05, 3.63) is 46.8 Å². The van der Waals surface area contributed by atoms with Gasteiger partial charge in [0.25, 0.3) is 0 Å². The number of hydrogen-bond acceptors (Lipinski definition) is 4. The number of rotatable bonds is 9. The van der Waals surface area contributed by atoms with Crippen LogP contribution in [0.3, 0.4) is 0 Å². The maximum Gasteiger partial charge on any atom is 0.305 e. The van der Waals surface area contributed by atoms with Crippen molar-refractivity contribution in [3.8, 4) is 0 Å². The monoisotopic (exact) mass is 451 g/mol. The van der Waals surface area contributed by atoms with Gasteiger partial charge in [-0.15, -0.1) is 0 Å². The zero-order valence-electron chi connectivity index (χ0n) is 17.5. The highest BCUT2D eigenvalue weighted by Crippen LogP contribution is 2.53. The molecular weight excluding hydrogens is 421 g/mol. The zero-order chi connectivity index (χ0) is 22.1. The first-order valence-corrected chi connectivity index (χ1v) is 11.7. The Bertz CT molecular complexity index is 826. The Labute approximate surface area is 187 Å². The lowest BCUT2D eigenvalue weighted by molar-refractivity contribution is -0.139. The Morgan fingerprint density at radius 2 is 1.94 bits per heavy atom. The number of carbonyl (C=O) groups is 1. The Morgan fingerprint density at radius 3 is 2.55 bits per heavy atom. The second kappa shape index (κ2) is 9.57. The predicted octanol–water partition coefficient (Wildman–Crippen LogP) is 3.73. The van der Waals surface area contributed by atoms with Gasteiger partial charge in [-0.3, -0.25) is 4.79 Å². The molecule has 7 heteroatoms. The van der Waals surface area contributed by atoms with E-state index < -0.39 is 24.6 Å². The van der Waals surface area contributed by atoms with E-state index >= 15 is 0 Å². The first-order valence-electron chi connectivity index (χ1n) is 11.3. The molecule has 5 nitrogen and oxygen atoms in total. The molecule has 1 heterocycles. The van der Waals surface area contributed by atoms with Crippen molar-refractivity contribution in [3.63, 3.8) is 0 Å². The summed E-state index contributed by atoms with van der Waals surface area (Å²) in [4.78, 5) is 10.8. The SMILES string of the molecule is O=C(O)C[C@H](O)C[C@H](O)/C=C/C1C(C2CC2)NCC(C2CC2)C1c1ccc(F)cc1Cl. The van der Waals surface area contributed by atoms with Crippen molar-refractivity contribution < 1.29 is 24.5 Å². The Balaban J connectivity index is 1.60. The Morgan fingerprint density at radius 1 is 1.23 bits per heavy atom. The van der Waals surface area contributed by atoms with Crippen LogP contribution in [-0.4, -0.2) is 46.1 Å². The molecule has 0 radical (unpaired) electrons. The van der Waals surface area contributed by atoms with Crippen LogP contribution >= 0.6 is 11.6 Å². The molecule has 0 aromatic heterocycles. The smallest absolute Gasteiger partial charge is 0.305 e. The van der Waals surface area contributed by atoms with Gasteiger partial charge in [-0.1, -0.05) is 29.8 Å². The lowest BCUT2D eigenvalue weighted by atomic mass is 9.68. The van der Waals surface area contributed by atoms with Gasteiger partial charge in [0.2, 0.25) is 0 Å². The van der Waals surface area contributed by atoms with Crippen LogP contribution in [0.5, 0.6) is 0 Å². The molecule has 6 atom stereocenters. The summed E-state index contributed by atoms with van der Waals surface area (Å²) in [7, 11) is 0. The van der Waals surface area contributed by atoms with Gasteiger partial charge in [0, 0.05) is 17.5 Å². The maximum atomic E-state index is 13.8. The van der Waals surface area contributed by atoms with Crippen LogP contribution < -0.4 is 5.32 Å². The number of carboxylic acid groups (broad SMARTS) is 1. The fourth-order valence-electron chi connectivity index (χ4n) is 5.31. The van der Waals surface area contributed by atoms with Crippen LogP contribution in [0.25, 0.3) is 0 Å². The molecule has 1 aromatic carbocycles. The van der Waals surface area contributed by atoms with Gasteiger partial charge in [0.1, 0.15) is 5.82 Å². The number of aliphatic hydroxyl groups is 2. The highest BCUT2D eigenvalue weighted by molar-refractivity contribution is 6.31. The maximum absolute atomic E-state index is 13.8. The minimum absolute atomic E-state index is 0.0227. The quantitative estimate of drug-likeness (QED) is 0.429. The third kappa shape index (κ3) is 5.67. The zero-order valence-corrected chi connectivity index (χ0v) is 18.2. The molecule has 0 spiro atoms. The van der Waals surface area contributed by atoms with E-state index in [0.29, 0.717) is 22.8 Å². The molecule has 2 saturated carbocycles. The number of halogens is 2. The number of nitrogens with one attached hydrogen (secondary N) is 1. The largest absolute Gasteiger partial charge is 0.481 e. The fraction of sp³-hybridized carbons (Fsp3) is 0.625. The molecule has 1 aliphatic heterocycles. The van der Waals surface area contributed by atoms with Crippen LogP contribution in [-0.2, 0) is 4.79 Å². The van der Waals surface area contributed by atoms with Crippen molar-refractivity contribution in [2.75, 3.05) is 6.54 Å². The van der Waals surface area contributed by atoms with E-state index in [-0.39, 0.29) is 30.1 Å². The standard InChI is InChI=1S/C24H31ClFNO4/c25-21-9-15(26)5-7-18(21)23-19(8-6-16(28)10-17(29)11-22(30)31)24(14-3-4-14)27-12-20(23)13-1-2-13/h5-9,13-14,16-17,19-20,23-24,27-29H,1-4,10-12H2,(H,30,31)/b8-6+/t16-,17-,19?,20?,23?,24?/m1/s1.